The highest BCUT2D eigenvalue weighted by Gasteiger charge is 2.13. The molecule has 0 amide bonds. The Labute approximate surface area is 161 Å². The molecule has 0 spiro atoms. The Kier molecular flexibility index (Phi) is 4.68. The van der Waals surface area contributed by atoms with E-state index in [0.29, 0.717) is 17.3 Å². The fraction of sp³-hybridized carbons (Fsp3) is 0. The van der Waals surface area contributed by atoms with Gasteiger partial charge in [-0.05, 0) is 42.5 Å². The van der Waals surface area contributed by atoms with Crippen molar-refractivity contribution >= 4 is 27.2 Å². The normalized spacial score (nSPS) is 11.1. The summed E-state index contributed by atoms with van der Waals surface area (Å²) in [7, 11) is -3.68. The van der Waals surface area contributed by atoms with E-state index in [9.17, 15) is 8.42 Å². The number of nitrogens with one attached hydrogen (secondary N) is 2. The molecule has 2 N–H and O–H groups in total. The van der Waals surface area contributed by atoms with Gasteiger partial charge in [-0.1, -0.05) is 0 Å². The Bertz CT molecular complexity index is 1160. The highest BCUT2D eigenvalue weighted by Crippen LogP contribution is 2.20. The first kappa shape index (κ1) is 17.6. The van der Waals surface area contributed by atoms with Crippen molar-refractivity contribution < 1.29 is 8.42 Å². The van der Waals surface area contributed by atoms with Crippen molar-refractivity contribution in [1.29, 1.82) is 0 Å². The third-order valence-corrected chi connectivity index (χ3v) is 5.11. The van der Waals surface area contributed by atoms with Gasteiger partial charge in [0.2, 0.25) is 0 Å². The summed E-state index contributed by atoms with van der Waals surface area (Å²) in [5.74, 6) is 1.22. The molecule has 0 aliphatic heterocycles. The summed E-state index contributed by atoms with van der Waals surface area (Å²) in [5.41, 5.74) is 1.18. The number of nitrogens with zero attached hydrogens (tertiary/aromatic N) is 5. The minimum atomic E-state index is -3.68. The Balaban J connectivity index is 1.48. The van der Waals surface area contributed by atoms with Crippen molar-refractivity contribution in [2.75, 3.05) is 10.0 Å². The minimum Gasteiger partial charge on any atom is -0.340 e. The standard InChI is InChI=1S/C18H15N7O2S/c26-28(27,16-3-1-8-19-12-16)24-15-6-4-14(5-7-15)23-17-11-18(21-13-20-17)25-10-2-9-22-25/h1-13,24H,(H,20,21,23). The van der Waals surface area contributed by atoms with Crippen LogP contribution >= 0.6 is 0 Å². The molecule has 1 aromatic carbocycles. The van der Waals surface area contributed by atoms with Gasteiger partial charge in [0.15, 0.2) is 5.82 Å². The number of benzene rings is 1. The van der Waals surface area contributed by atoms with Crippen LogP contribution in [0.4, 0.5) is 17.2 Å². The van der Waals surface area contributed by atoms with Gasteiger partial charge in [-0.15, -0.1) is 0 Å². The fourth-order valence-electron chi connectivity index (χ4n) is 2.43. The van der Waals surface area contributed by atoms with Gasteiger partial charge in [0.1, 0.15) is 17.0 Å². The molecule has 0 bridgehead atoms. The van der Waals surface area contributed by atoms with Crippen LogP contribution in [0.5, 0.6) is 0 Å². The van der Waals surface area contributed by atoms with E-state index in [4.69, 9.17) is 0 Å². The lowest BCUT2D eigenvalue weighted by Gasteiger charge is -2.10. The SMILES string of the molecule is O=S(=O)(Nc1ccc(Nc2cc(-n3cccn3)ncn2)cc1)c1cccnc1. The Morgan fingerprint density at radius 3 is 2.46 bits per heavy atom. The maximum Gasteiger partial charge on any atom is 0.263 e. The van der Waals surface area contributed by atoms with Gasteiger partial charge in [-0.2, -0.15) is 5.10 Å². The van der Waals surface area contributed by atoms with Crippen molar-refractivity contribution in [3.8, 4) is 5.82 Å². The molecule has 0 radical (unpaired) electrons. The molecular weight excluding hydrogens is 378 g/mol. The van der Waals surface area contributed by atoms with E-state index in [0.717, 1.165) is 5.69 Å². The second-order valence-corrected chi connectivity index (χ2v) is 7.39. The Morgan fingerprint density at radius 2 is 1.75 bits per heavy atom. The third-order valence-electron chi connectivity index (χ3n) is 3.75. The zero-order chi connectivity index (χ0) is 19.4. The van der Waals surface area contributed by atoms with E-state index in [1.807, 2.05) is 0 Å². The number of anilines is 3. The van der Waals surface area contributed by atoms with E-state index in [2.05, 4.69) is 30.1 Å². The third kappa shape index (κ3) is 3.96. The molecule has 140 valence electrons. The second kappa shape index (κ2) is 7.45. The summed E-state index contributed by atoms with van der Waals surface area (Å²) >= 11 is 0. The summed E-state index contributed by atoms with van der Waals surface area (Å²) in [6.07, 6.45) is 7.71. The zero-order valence-corrected chi connectivity index (χ0v) is 15.3. The molecule has 3 heterocycles. The van der Waals surface area contributed by atoms with Crippen molar-refractivity contribution in [1.82, 2.24) is 24.7 Å². The van der Waals surface area contributed by atoms with Crippen LogP contribution in [0.1, 0.15) is 0 Å². The minimum absolute atomic E-state index is 0.101. The number of rotatable bonds is 6. The number of hydrogen-bond acceptors (Lipinski definition) is 7. The molecule has 0 unspecified atom stereocenters. The van der Waals surface area contributed by atoms with E-state index < -0.39 is 10.0 Å². The Hall–Kier alpha value is -3.79. The molecule has 0 saturated heterocycles. The first-order valence-corrected chi connectivity index (χ1v) is 9.70. The Morgan fingerprint density at radius 1 is 0.929 bits per heavy atom. The van der Waals surface area contributed by atoms with Crippen LogP contribution in [0.3, 0.4) is 0 Å². The number of aromatic nitrogens is 5. The van der Waals surface area contributed by atoms with Crippen LogP contribution in [0.25, 0.3) is 5.82 Å². The quantitative estimate of drug-likeness (QED) is 0.517. The van der Waals surface area contributed by atoms with Gasteiger partial charge in [0.05, 0.1) is 0 Å². The summed E-state index contributed by atoms with van der Waals surface area (Å²) in [6.45, 7) is 0. The molecule has 0 atom stereocenters. The van der Waals surface area contributed by atoms with Crippen LogP contribution in [-0.2, 0) is 10.0 Å². The first-order chi connectivity index (χ1) is 13.6. The summed E-state index contributed by atoms with van der Waals surface area (Å²) in [4.78, 5) is 12.3. The van der Waals surface area contributed by atoms with Crippen LogP contribution in [0.15, 0.2) is 84.5 Å². The van der Waals surface area contributed by atoms with E-state index >= 15 is 0 Å². The molecular formula is C18H15N7O2S. The van der Waals surface area contributed by atoms with Crippen molar-refractivity contribution in [3.05, 3.63) is 79.6 Å². The molecule has 9 nitrogen and oxygen atoms in total. The molecule has 28 heavy (non-hydrogen) atoms. The molecule has 4 rings (SSSR count). The van der Waals surface area contributed by atoms with Gasteiger partial charge in [0.25, 0.3) is 10.0 Å². The second-order valence-electron chi connectivity index (χ2n) is 5.71. The van der Waals surface area contributed by atoms with Crippen LogP contribution in [0.2, 0.25) is 0 Å². The first-order valence-electron chi connectivity index (χ1n) is 8.22. The monoisotopic (exact) mass is 393 g/mol. The largest absolute Gasteiger partial charge is 0.340 e. The highest BCUT2D eigenvalue weighted by atomic mass is 32.2. The number of sulfonamides is 1. The molecule has 0 saturated carbocycles. The van der Waals surface area contributed by atoms with Gasteiger partial charge in [0, 0.05) is 42.2 Å². The van der Waals surface area contributed by atoms with E-state index in [-0.39, 0.29) is 4.90 Å². The van der Waals surface area contributed by atoms with Crippen molar-refractivity contribution in [3.63, 3.8) is 0 Å². The lowest BCUT2D eigenvalue weighted by molar-refractivity contribution is 0.601. The molecule has 0 aliphatic carbocycles. The van der Waals surface area contributed by atoms with Gasteiger partial charge >= 0.3 is 0 Å². The summed E-state index contributed by atoms with van der Waals surface area (Å²) in [6, 6.07) is 13.4. The predicted octanol–water partition coefficient (Wildman–Crippen LogP) is 2.60. The molecule has 4 aromatic rings. The number of hydrogen-bond donors (Lipinski definition) is 2. The van der Waals surface area contributed by atoms with Gasteiger partial charge < -0.3 is 5.32 Å². The van der Waals surface area contributed by atoms with Crippen molar-refractivity contribution in [2.45, 2.75) is 4.90 Å². The van der Waals surface area contributed by atoms with E-state index in [1.165, 1.54) is 24.8 Å². The molecule has 3 aromatic heterocycles. The topological polar surface area (TPSA) is 115 Å². The average molecular weight is 393 g/mol. The van der Waals surface area contributed by atoms with Crippen LogP contribution in [-0.4, -0.2) is 33.2 Å². The zero-order valence-electron chi connectivity index (χ0n) is 14.5. The maximum absolute atomic E-state index is 12.3. The fourth-order valence-corrected chi connectivity index (χ4v) is 3.46. The smallest absolute Gasteiger partial charge is 0.263 e. The highest BCUT2D eigenvalue weighted by molar-refractivity contribution is 7.92. The molecule has 10 heteroatoms. The van der Waals surface area contributed by atoms with Gasteiger partial charge in [-0.3, -0.25) is 9.71 Å². The van der Waals surface area contributed by atoms with E-state index in [1.54, 1.807) is 59.5 Å². The van der Waals surface area contributed by atoms with Crippen molar-refractivity contribution in [2.24, 2.45) is 0 Å². The summed E-state index contributed by atoms with van der Waals surface area (Å²) in [5, 5.41) is 7.28. The summed E-state index contributed by atoms with van der Waals surface area (Å²) < 4.78 is 28.8. The van der Waals surface area contributed by atoms with Crippen LogP contribution in [0, 0.1) is 0 Å². The lowest BCUT2D eigenvalue weighted by atomic mass is 10.3. The lowest BCUT2D eigenvalue weighted by Crippen LogP contribution is -2.13. The molecule has 0 fully saturated rings. The molecule has 0 aliphatic rings. The average Bonchev–Trinajstić information content (AvgIpc) is 3.25. The number of pyridine rings is 1. The van der Waals surface area contributed by atoms with Gasteiger partial charge in [-0.25, -0.2) is 23.1 Å². The maximum atomic E-state index is 12.3. The predicted molar refractivity (Wildman–Crippen MR) is 104 cm³/mol. The van der Waals surface area contributed by atoms with Crippen LogP contribution < -0.4 is 10.0 Å².